The molecule has 0 radical (unpaired) electrons. The fraction of sp³-hybridized carbons (Fsp3) is 0.278. The van der Waals surface area contributed by atoms with Crippen molar-refractivity contribution in [3.8, 4) is 11.5 Å². The van der Waals surface area contributed by atoms with E-state index in [1.807, 2.05) is 19.1 Å². The number of ether oxygens (including phenoxy) is 2. The number of nitrogens with zero attached hydrogens (tertiary/aromatic N) is 3. The zero-order chi connectivity index (χ0) is 18.3. The van der Waals surface area contributed by atoms with Gasteiger partial charge in [-0.2, -0.15) is 5.10 Å². The van der Waals surface area contributed by atoms with Crippen LogP contribution >= 0.6 is 15.9 Å². The Balaban J connectivity index is 1.62. The summed E-state index contributed by atoms with van der Waals surface area (Å²) in [6, 6.07) is 5.29. The third kappa shape index (κ3) is 2.90. The monoisotopic (exact) mass is 416 g/mol. The summed E-state index contributed by atoms with van der Waals surface area (Å²) in [6.07, 6.45) is 3.42. The molecule has 1 aliphatic rings. The van der Waals surface area contributed by atoms with Gasteiger partial charge in [0.1, 0.15) is 18.8 Å². The first-order chi connectivity index (χ1) is 12.5. The van der Waals surface area contributed by atoms with Crippen molar-refractivity contribution in [3.63, 3.8) is 0 Å². The summed E-state index contributed by atoms with van der Waals surface area (Å²) in [4.78, 5) is 17.1. The first-order valence-corrected chi connectivity index (χ1v) is 9.03. The maximum absolute atomic E-state index is 12.8. The van der Waals surface area contributed by atoms with Crippen molar-refractivity contribution in [3.05, 3.63) is 51.9 Å². The smallest absolute Gasteiger partial charge is 0.257 e. The molecule has 134 valence electrons. The molecule has 1 atom stereocenters. The van der Waals surface area contributed by atoms with Crippen LogP contribution in [0.15, 0.2) is 35.1 Å². The number of carbonyl (C=O) groups excluding carboxylic acids is 1. The average molecular weight is 417 g/mol. The molecule has 1 N–H and O–H groups in total. The number of rotatable bonds is 3. The van der Waals surface area contributed by atoms with Gasteiger partial charge in [-0.3, -0.25) is 4.79 Å². The number of benzene rings is 1. The lowest BCUT2D eigenvalue weighted by Crippen LogP contribution is -2.27. The molecule has 0 bridgehead atoms. The number of hydrogen-bond donors (Lipinski definition) is 1. The molecule has 1 aromatic carbocycles. The molecule has 7 nitrogen and oxygen atoms in total. The topological polar surface area (TPSA) is 77.8 Å². The Hall–Kier alpha value is -2.61. The molecule has 4 rings (SSSR count). The van der Waals surface area contributed by atoms with E-state index in [0.29, 0.717) is 41.6 Å². The molecular weight excluding hydrogens is 400 g/mol. The van der Waals surface area contributed by atoms with E-state index in [-0.39, 0.29) is 11.9 Å². The first kappa shape index (κ1) is 16.8. The third-order valence-electron chi connectivity index (χ3n) is 4.27. The average Bonchev–Trinajstić information content (AvgIpc) is 2.96. The number of carbonyl (C=O) groups is 1. The number of amides is 1. The lowest BCUT2D eigenvalue weighted by Gasteiger charge is -2.22. The largest absolute Gasteiger partial charge is 0.486 e. The number of halogens is 1. The van der Waals surface area contributed by atoms with Gasteiger partial charge in [-0.1, -0.05) is 15.9 Å². The Bertz CT molecular complexity index is 1000. The molecule has 1 aliphatic heterocycles. The van der Waals surface area contributed by atoms with E-state index in [0.717, 1.165) is 10.0 Å². The van der Waals surface area contributed by atoms with Crippen molar-refractivity contribution in [2.45, 2.75) is 19.9 Å². The van der Waals surface area contributed by atoms with Crippen LogP contribution in [0.25, 0.3) is 5.65 Å². The molecule has 1 amide bonds. The second kappa shape index (κ2) is 6.60. The van der Waals surface area contributed by atoms with Crippen molar-refractivity contribution in [1.82, 2.24) is 19.9 Å². The van der Waals surface area contributed by atoms with Gasteiger partial charge in [0.2, 0.25) is 0 Å². The minimum absolute atomic E-state index is 0.217. The quantitative estimate of drug-likeness (QED) is 0.709. The van der Waals surface area contributed by atoms with Crippen molar-refractivity contribution >= 4 is 27.5 Å². The van der Waals surface area contributed by atoms with Crippen LogP contribution in [0, 0.1) is 6.92 Å². The highest BCUT2D eigenvalue weighted by Gasteiger charge is 2.23. The van der Waals surface area contributed by atoms with E-state index in [1.54, 1.807) is 29.9 Å². The molecule has 2 aromatic heterocycles. The van der Waals surface area contributed by atoms with E-state index < -0.39 is 0 Å². The number of fused-ring (bicyclic) bond motifs is 2. The van der Waals surface area contributed by atoms with Crippen LogP contribution in [-0.2, 0) is 0 Å². The number of aryl methyl sites for hydroxylation is 1. The maximum Gasteiger partial charge on any atom is 0.257 e. The standard InChI is InChI=1S/C18H17BrN4O3/c1-10(12-8-14-15(9-13(12)19)26-7-6-25-14)21-18(24)16-11(2)22-23-5-3-4-20-17(16)23/h3-5,8-10H,6-7H2,1-2H3,(H,21,24). The molecule has 26 heavy (non-hydrogen) atoms. The zero-order valence-electron chi connectivity index (χ0n) is 14.3. The molecule has 0 fully saturated rings. The van der Waals surface area contributed by atoms with Crippen molar-refractivity contribution in [2.75, 3.05) is 13.2 Å². The Morgan fingerprint density at radius 2 is 2.04 bits per heavy atom. The maximum atomic E-state index is 12.8. The highest BCUT2D eigenvalue weighted by Crippen LogP contribution is 2.37. The summed E-state index contributed by atoms with van der Waals surface area (Å²) in [6.45, 7) is 4.77. The second-order valence-electron chi connectivity index (χ2n) is 6.06. The van der Waals surface area contributed by atoms with Gasteiger partial charge < -0.3 is 14.8 Å². The Kier molecular flexibility index (Phi) is 4.28. The third-order valence-corrected chi connectivity index (χ3v) is 4.96. The van der Waals surface area contributed by atoms with E-state index in [1.165, 1.54) is 0 Å². The fourth-order valence-electron chi connectivity index (χ4n) is 3.02. The van der Waals surface area contributed by atoms with Crippen LogP contribution in [0.1, 0.15) is 34.6 Å². The lowest BCUT2D eigenvalue weighted by molar-refractivity contribution is 0.0940. The molecule has 0 saturated heterocycles. The SMILES string of the molecule is Cc1nn2cccnc2c1C(=O)NC(C)c1cc2c(cc1Br)OCCO2. The fourth-order valence-corrected chi connectivity index (χ4v) is 3.69. The van der Waals surface area contributed by atoms with E-state index in [2.05, 4.69) is 31.3 Å². The minimum atomic E-state index is -0.245. The van der Waals surface area contributed by atoms with Gasteiger partial charge in [-0.25, -0.2) is 9.50 Å². The number of nitrogens with one attached hydrogen (secondary N) is 1. The highest BCUT2D eigenvalue weighted by atomic mass is 79.9. The van der Waals surface area contributed by atoms with Gasteiger partial charge in [-0.05, 0) is 37.6 Å². The van der Waals surface area contributed by atoms with Gasteiger partial charge >= 0.3 is 0 Å². The van der Waals surface area contributed by atoms with Gasteiger partial charge in [0.05, 0.1) is 11.7 Å². The van der Waals surface area contributed by atoms with E-state index in [4.69, 9.17) is 9.47 Å². The predicted octanol–water partition coefficient (Wildman–Crippen LogP) is 3.06. The lowest BCUT2D eigenvalue weighted by atomic mass is 10.1. The zero-order valence-corrected chi connectivity index (χ0v) is 15.9. The molecule has 0 saturated carbocycles. The molecule has 8 heteroatoms. The van der Waals surface area contributed by atoms with Gasteiger partial charge in [-0.15, -0.1) is 0 Å². The summed E-state index contributed by atoms with van der Waals surface area (Å²) in [7, 11) is 0. The molecule has 3 aromatic rings. The normalized spacial score (nSPS) is 14.3. The molecule has 3 heterocycles. The van der Waals surface area contributed by atoms with Crippen molar-refractivity contribution in [1.29, 1.82) is 0 Å². The predicted molar refractivity (Wildman–Crippen MR) is 98.7 cm³/mol. The molecule has 1 unspecified atom stereocenters. The molecular formula is C18H17BrN4O3. The van der Waals surface area contributed by atoms with Crippen LogP contribution in [-0.4, -0.2) is 33.7 Å². The van der Waals surface area contributed by atoms with Crippen molar-refractivity contribution in [2.24, 2.45) is 0 Å². The van der Waals surface area contributed by atoms with Crippen molar-refractivity contribution < 1.29 is 14.3 Å². The minimum Gasteiger partial charge on any atom is -0.486 e. The summed E-state index contributed by atoms with van der Waals surface area (Å²) >= 11 is 3.55. The van der Waals surface area contributed by atoms with Gasteiger partial charge in [0.15, 0.2) is 17.1 Å². The van der Waals surface area contributed by atoms with Crippen LogP contribution in [0.5, 0.6) is 11.5 Å². The van der Waals surface area contributed by atoms with E-state index in [9.17, 15) is 4.79 Å². The Labute approximate surface area is 158 Å². The van der Waals surface area contributed by atoms with Gasteiger partial charge in [0.25, 0.3) is 5.91 Å². The van der Waals surface area contributed by atoms with E-state index >= 15 is 0 Å². The molecule has 0 aliphatic carbocycles. The summed E-state index contributed by atoms with van der Waals surface area (Å²) in [5.74, 6) is 1.17. The second-order valence-corrected chi connectivity index (χ2v) is 6.92. The van der Waals surface area contributed by atoms with Crippen LogP contribution in [0.2, 0.25) is 0 Å². The summed E-state index contributed by atoms with van der Waals surface area (Å²) < 4.78 is 13.7. The highest BCUT2D eigenvalue weighted by molar-refractivity contribution is 9.10. The van der Waals surface area contributed by atoms with Crippen LogP contribution in [0.3, 0.4) is 0 Å². The van der Waals surface area contributed by atoms with Crippen LogP contribution in [0.4, 0.5) is 0 Å². The Morgan fingerprint density at radius 3 is 2.81 bits per heavy atom. The molecule has 0 spiro atoms. The Morgan fingerprint density at radius 1 is 1.31 bits per heavy atom. The number of aromatic nitrogens is 3. The first-order valence-electron chi connectivity index (χ1n) is 8.24. The summed E-state index contributed by atoms with van der Waals surface area (Å²) in [5, 5.41) is 7.36. The van der Waals surface area contributed by atoms with Gasteiger partial charge in [0, 0.05) is 16.9 Å². The van der Waals surface area contributed by atoms with Crippen LogP contribution < -0.4 is 14.8 Å². The summed E-state index contributed by atoms with van der Waals surface area (Å²) in [5.41, 5.74) is 2.56. The number of hydrogen-bond acceptors (Lipinski definition) is 5.